The van der Waals surface area contributed by atoms with Crippen LogP contribution >= 0.6 is 23.2 Å². The minimum atomic E-state index is 0.0933. The van der Waals surface area contributed by atoms with Gasteiger partial charge in [0.25, 0.3) is 0 Å². The van der Waals surface area contributed by atoms with Gasteiger partial charge in [-0.25, -0.2) is 4.99 Å². The summed E-state index contributed by atoms with van der Waals surface area (Å²) in [5.41, 5.74) is 8.22. The fourth-order valence-corrected chi connectivity index (χ4v) is 4.03. The number of halogens is 2. The molecule has 5 nitrogen and oxygen atoms in total. The Hall–Kier alpha value is -1.82. The van der Waals surface area contributed by atoms with Crippen LogP contribution in [0.4, 0.5) is 5.69 Å². The number of nitrogens with two attached hydrogens (primary N) is 1. The van der Waals surface area contributed by atoms with Crippen molar-refractivity contribution in [3.63, 3.8) is 0 Å². The van der Waals surface area contributed by atoms with Crippen molar-refractivity contribution in [3.05, 3.63) is 58.3 Å². The first kappa shape index (κ1) is 21.9. The highest BCUT2D eigenvalue weighted by atomic mass is 35.5. The quantitative estimate of drug-likeness (QED) is 0.497. The van der Waals surface area contributed by atoms with Crippen LogP contribution in [0.25, 0.3) is 0 Å². The number of hydrogen-bond donors (Lipinski definition) is 2. The van der Waals surface area contributed by atoms with E-state index in [-0.39, 0.29) is 12.1 Å². The maximum absolute atomic E-state index is 6.41. The summed E-state index contributed by atoms with van der Waals surface area (Å²) >= 11 is 12.5. The lowest BCUT2D eigenvalue weighted by Crippen LogP contribution is -2.42. The molecule has 1 saturated carbocycles. The number of anilines is 1. The summed E-state index contributed by atoms with van der Waals surface area (Å²) in [6, 6.07) is 11.6. The molecule has 1 aliphatic rings. The maximum Gasteiger partial charge on any atom is 0.198 e. The molecule has 2 aromatic rings. The van der Waals surface area contributed by atoms with Gasteiger partial charge < -0.3 is 16.0 Å². The van der Waals surface area contributed by atoms with E-state index in [1.807, 2.05) is 36.5 Å². The van der Waals surface area contributed by atoms with E-state index in [1.54, 1.807) is 6.07 Å². The molecule has 1 fully saturated rings. The molecule has 156 valence electrons. The van der Waals surface area contributed by atoms with Crippen molar-refractivity contribution >= 4 is 34.8 Å². The zero-order chi connectivity index (χ0) is 20.6. The highest BCUT2D eigenvalue weighted by molar-refractivity contribution is 6.36. The second kappa shape index (κ2) is 10.8. The van der Waals surface area contributed by atoms with Crippen LogP contribution in [0.3, 0.4) is 0 Å². The molecule has 0 radical (unpaired) electrons. The minimum Gasteiger partial charge on any atom is -0.343 e. The second-order valence-electron chi connectivity index (χ2n) is 7.37. The number of likely N-dealkylation sites (N-methyl/N-ethyl adjacent to an activating group) is 1. The van der Waals surface area contributed by atoms with Gasteiger partial charge in [0.05, 0.1) is 16.8 Å². The van der Waals surface area contributed by atoms with E-state index in [2.05, 4.69) is 22.1 Å². The predicted molar refractivity (Wildman–Crippen MR) is 123 cm³/mol. The smallest absolute Gasteiger partial charge is 0.198 e. The number of nitrogens with one attached hydrogen (secondary N) is 1. The Morgan fingerprint density at radius 1 is 1.24 bits per heavy atom. The van der Waals surface area contributed by atoms with Crippen LogP contribution in [0.2, 0.25) is 10.0 Å². The summed E-state index contributed by atoms with van der Waals surface area (Å²) in [6.45, 7) is 3.73. The lowest BCUT2D eigenvalue weighted by molar-refractivity contribution is 0.375. The summed E-state index contributed by atoms with van der Waals surface area (Å²) in [6.07, 6.45) is 7.03. The van der Waals surface area contributed by atoms with Gasteiger partial charge in [0.15, 0.2) is 5.96 Å². The molecule has 0 aliphatic heterocycles. The Balaban J connectivity index is 1.83. The average Bonchev–Trinajstić information content (AvgIpc) is 2.72. The molecule has 3 rings (SSSR count). The van der Waals surface area contributed by atoms with Crippen LogP contribution in [-0.4, -0.2) is 41.0 Å². The van der Waals surface area contributed by atoms with Gasteiger partial charge in [0.1, 0.15) is 0 Å². The molecule has 1 aliphatic carbocycles. The molecular formula is C22H29Cl2N5. The third-order valence-electron chi connectivity index (χ3n) is 5.29. The van der Waals surface area contributed by atoms with Crippen LogP contribution in [0.5, 0.6) is 0 Å². The highest BCUT2D eigenvalue weighted by Crippen LogP contribution is 2.26. The van der Waals surface area contributed by atoms with E-state index in [0.29, 0.717) is 10.0 Å². The lowest BCUT2D eigenvalue weighted by atomic mass is 9.91. The Morgan fingerprint density at radius 3 is 2.76 bits per heavy atom. The van der Waals surface area contributed by atoms with E-state index in [1.165, 1.54) is 6.42 Å². The van der Waals surface area contributed by atoms with E-state index < -0.39 is 0 Å². The van der Waals surface area contributed by atoms with Gasteiger partial charge in [-0.15, -0.1) is 0 Å². The summed E-state index contributed by atoms with van der Waals surface area (Å²) in [7, 11) is 0. The standard InChI is InChI=1S/C22H29Cl2N5/c1-2-29(14-12-17-7-5-6-13-26-17)22(28-21-9-4-3-8-19(21)25)27-20-11-10-16(23)15-18(20)24/h5-7,10-11,13,15,19,21H,2-4,8-9,12,14,25H2,1H3,(H,27,28)/t19-,21-/m0/s1. The topological polar surface area (TPSA) is 66.5 Å². The van der Waals surface area contributed by atoms with Gasteiger partial charge in [-0.05, 0) is 50.1 Å². The van der Waals surface area contributed by atoms with Gasteiger partial charge in [0, 0.05) is 42.5 Å². The summed E-state index contributed by atoms with van der Waals surface area (Å²) in [5, 5.41) is 4.61. The molecule has 0 bridgehead atoms. The average molecular weight is 434 g/mol. The Morgan fingerprint density at radius 2 is 2.07 bits per heavy atom. The zero-order valence-corrected chi connectivity index (χ0v) is 18.3. The van der Waals surface area contributed by atoms with E-state index in [4.69, 9.17) is 33.9 Å². The predicted octanol–water partition coefficient (Wildman–Crippen LogP) is 4.99. The fraction of sp³-hybridized carbons (Fsp3) is 0.455. The molecule has 7 heteroatoms. The van der Waals surface area contributed by atoms with Crippen molar-refractivity contribution in [2.75, 3.05) is 18.4 Å². The largest absolute Gasteiger partial charge is 0.343 e. The summed E-state index contributed by atoms with van der Waals surface area (Å²) in [4.78, 5) is 11.7. The second-order valence-corrected chi connectivity index (χ2v) is 8.21. The van der Waals surface area contributed by atoms with Gasteiger partial charge in [-0.1, -0.05) is 42.1 Å². The van der Waals surface area contributed by atoms with Crippen LogP contribution in [0.1, 0.15) is 38.3 Å². The zero-order valence-electron chi connectivity index (χ0n) is 16.8. The molecule has 1 heterocycles. The van der Waals surface area contributed by atoms with Crippen molar-refractivity contribution in [1.29, 1.82) is 0 Å². The lowest BCUT2D eigenvalue weighted by Gasteiger charge is -2.30. The van der Waals surface area contributed by atoms with Crippen LogP contribution in [-0.2, 0) is 6.42 Å². The van der Waals surface area contributed by atoms with Gasteiger partial charge in [-0.3, -0.25) is 4.98 Å². The molecule has 1 aromatic heterocycles. The highest BCUT2D eigenvalue weighted by Gasteiger charge is 2.23. The Bertz CT molecular complexity index is 812. The summed E-state index contributed by atoms with van der Waals surface area (Å²) in [5.74, 6) is 0.801. The molecule has 1 aromatic carbocycles. The number of guanidine groups is 1. The first-order valence-electron chi connectivity index (χ1n) is 10.3. The molecule has 0 spiro atoms. The first-order valence-corrected chi connectivity index (χ1v) is 11.0. The molecule has 0 unspecified atom stereocenters. The van der Waals surface area contributed by atoms with E-state index in [0.717, 1.165) is 56.1 Å². The van der Waals surface area contributed by atoms with Crippen LogP contribution in [0.15, 0.2) is 47.6 Å². The normalized spacial score (nSPS) is 19.8. The van der Waals surface area contributed by atoms with Crippen LogP contribution < -0.4 is 11.1 Å². The van der Waals surface area contributed by atoms with Gasteiger partial charge in [-0.2, -0.15) is 0 Å². The summed E-state index contributed by atoms with van der Waals surface area (Å²) < 4.78 is 0. The SMILES string of the molecule is CCN(CCc1ccccn1)C(=N[C@H]1CCCC[C@@H]1N)Nc1ccc(Cl)cc1Cl. The van der Waals surface area contributed by atoms with Crippen LogP contribution in [0, 0.1) is 0 Å². The fourth-order valence-electron chi connectivity index (χ4n) is 3.57. The molecule has 0 saturated heterocycles. The molecule has 0 amide bonds. The maximum atomic E-state index is 6.41. The monoisotopic (exact) mass is 433 g/mol. The molecule has 3 N–H and O–H groups in total. The van der Waals surface area contributed by atoms with Crippen molar-refractivity contribution in [2.45, 2.75) is 51.1 Å². The van der Waals surface area contributed by atoms with Crippen molar-refractivity contribution < 1.29 is 0 Å². The number of aromatic nitrogens is 1. The third kappa shape index (κ3) is 6.33. The molecule has 29 heavy (non-hydrogen) atoms. The first-order chi connectivity index (χ1) is 14.1. The van der Waals surface area contributed by atoms with Gasteiger partial charge in [0.2, 0.25) is 0 Å². The Kier molecular flexibility index (Phi) is 8.16. The van der Waals surface area contributed by atoms with Gasteiger partial charge >= 0.3 is 0 Å². The van der Waals surface area contributed by atoms with Crippen molar-refractivity contribution in [1.82, 2.24) is 9.88 Å². The number of hydrogen-bond acceptors (Lipinski definition) is 3. The van der Waals surface area contributed by atoms with Crippen molar-refractivity contribution in [3.8, 4) is 0 Å². The molecule has 2 atom stereocenters. The van der Waals surface area contributed by atoms with E-state index >= 15 is 0 Å². The Labute approximate surface area is 183 Å². The van der Waals surface area contributed by atoms with E-state index in [9.17, 15) is 0 Å². The number of nitrogens with zero attached hydrogens (tertiary/aromatic N) is 3. The number of aliphatic imine (C=N–C) groups is 1. The molecular weight excluding hydrogens is 405 g/mol. The third-order valence-corrected chi connectivity index (χ3v) is 5.84. The number of rotatable bonds is 6. The number of benzene rings is 1. The minimum absolute atomic E-state index is 0.0933. The van der Waals surface area contributed by atoms with Crippen molar-refractivity contribution in [2.24, 2.45) is 10.7 Å². The number of pyridine rings is 1.